The molecule has 0 saturated carbocycles. The lowest BCUT2D eigenvalue weighted by atomic mass is 9.99. The summed E-state index contributed by atoms with van der Waals surface area (Å²) >= 11 is 12.0. The van der Waals surface area contributed by atoms with Crippen molar-refractivity contribution in [3.05, 3.63) is 44.2 Å². The van der Waals surface area contributed by atoms with E-state index in [0.717, 1.165) is 12.8 Å². The molecule has 0 N–H and O–H groups in total. The van der Waals surface area contributed by atoms with Gasteiger partial charge in [-0.2, -0.15) is 0 Å². The van der Waals surface area contributed by atoms with Crippen LogP contribution in [0, 0.1) is 5.92 Å². The first-order chi connectivity index (χ1) is 10.5. The molecule has 0 atom stereocenters. The Hall–Kier alpha value is -1.52. The van der Waals surface area contributed by atoms with Gasteiger partial charge in [0.2, 0.25) is 0 Å². The van der Waals surface area contributed by atoms with Crippen LogP contribution in [0.3, 0.4) is 0 Å². The van der Waals surface area contributed by atoms with E-state index in [1.807, 2.05) is 0 Å². The molecule has 1 saturated heterocycles. The lowest BCUT2D eigenvalue weighted by Crippen LogP contribution is -2.39. The standard InChI is InChI=1S/C16H15Cl2NO3/c1-9-2-4-19(5-3-9)15(20)12-7-10-6-11(17)8-13(18)14(10)22-16(12)21/h6-9H,2-5H2,1H3. The topological polar surface area (TPSA) is 50.5 Å². The fourth-order valence-electron chi connectivity index (χ4n) is 2.69. The first-order valence-electron chi connectivity index (χ1n) is 7.18. The molecule has 0 bridgehead atoms. The van der Waals surface area contributed by atoms with E-state index < -0.39 is 5.63 Å². The molecular weight excluding hydrogens is 325 g/mol. The van der Waals surface area contributed by atoms with Crippen LogP contribution in [0.1, 0.15) is 30.1 Å². The van der Waals surface area contributed by atoms with Crippen molar-refractivity contribution in [1.29, 1.82) is 0 Å². The quantitative estimate of drug-likeness (QED) is 0.738. The second-order valence-corrected chi connectivity index (χ2v) is 6.57. The fourth-order valence-corrected chi connectivity index (χ4v) is 3.24. The van der Waals surface area contributed by atoms with Crippen LogP contribution >= 0.6 is 23.2 Å². The molecule has 2 heterocycles. The molecule has 0 aliphatic carbocycles. The summed E-state index contributed by atoms with van der Waals surface area (Å²) in [5.41, 5.74) is -0.388. The molecule has 1 fully saturated rings. The zero-order valence-electron chi connectivity index (χ0n) is 12.1. The van der Waals surface area contributed by atoms with Crippen LogP contribution in [0.5, 0.6) is 0 Å². The van der Waals surface area contributed by atoms with Crippen molar-refractivity contribution in [2.24, 2.45) is 5.92 Å². The summed E-state index contributed by atoms with van der Waals surface area (Å²) in [5, 5.41) is 1.23. The Morgan fingerprint density at radius 2 is 1.91 bits per heavy atom. The molecule has 0 spiro atoms. The number of nitrogens with zero attached hydrogens (tertiary/aromatic N) is 1. The normalized spacial score (nSPS) is 16.2. The van der Waals surface area contributed by atoms with E-state index in [0.29, 0.717) is 29.4 Å². The number of likely N-dealkylation sites (tertiary alicyclic amines) is 1. The van der Waals surface area contributed by atoms with Crippen LogP contribution < -0.4 is 5.63 Å². The Morgan fingerprint density at radius 3 is 2.59 bits per heavy atom. The van der Waals surface area contributed by atoms with Crippen LogP contribution in [0.15, 0.2) is 27.4 Å². The summed E-state index contributed by atoms with van der Waals surface area (Å²) in [7, 11) is 0. The van der Waals surface area contributed by atoms with Gasteiger partial charge in [0.15, 0.2) is 5.58 Å². The van der Waals surface area contributed by atoms with Crippen LogP contribution in [0.4, 0.5) is 0 Å². The number of halogens is 2. The number of rotatable bonds is 1. The fraction of sp³-hybridized carbons (Fsp3) is 0.375. The molecule has 1 aliphatic heterocycles. The van der Waals surface area contributed by atoms with E-state index in [2.05, 4.69) is 6.92 Å². The van der Waals surface area contributed by atoms with Gasteiger partial charge >= 0.3 is 5.63 Å². The van der Waals surface area contributed by atoms with Crippen molar-refractivity contribution in [3.8, 4) is 0 Å². The van der Waals surface area contributed by atoms with E-state index in [4.69, 9.17) is 27.6 Å². The SMILES string of the molecule is CC1CCN(C(=O)c2cc3cc(Cl)cc(Cl)c3oc2=O)CC1. The predicted molar refractivity (Wildman–Crippen MR) is 86.8 cm³/mol. The van der Waals surface area contributed by atoms with Gasteiger partial charge in [0.05, 0.1) is 5.02 Å². The molecule has 0 unspecified atom stereocenters. The summed E-state index contributed by atoms with van der Waals surface area (Å²) in [4.78, 5) is 26.4. The highest BCUT2D eigenvalue weighted by Gasteiger charge is 2.24. The third kappa shape index (κ3) is 2.85. The monoisotopic (exact) mass is 339 g/mol. The first-order valence-corrected chi connectivity index (χ1v) is 7.93. The zero-order valence-corrected chi connectivity index (χ0v) is 13.6. The maximum Gasteiger partial charge on any atom is 0.349 e. The molecule has 1 aromatic carbocycles. The van der Waals surface area contributed by atoms with Crippen LogP contribution in [-0.4, -0.2) is 23.9 Å². The zero-order chi connectivity index (χ0) is 15.9. The Bertz CT molecular complexity index is 792. The maximum atomic E-state index is 12.5. The Morgan fingerprint density at radius 1 is 1.23 bits per heavy atom. The molecule has 1 aromatic heterocycles. The number of hydrogen-bond acceptors (Lipinski definition) is 3. The highest BCUT2D eigenvalue weighted by atomic mass is 35.5. The molecule has 2 aromatic rings. The summed E-state index contributed by atoms with van der Waals surface area (Å²) < 4.78 is 5.22. The van der Waals surface area contributed by atoms with Gasteiger partial charge in [0.25, 0.3) is 5.91 Å². The number of carbonyl (C=O) groups excluding carboxylic acids is 1. The third-order valence-electron chi connectivity index (χ3n) is 4.05. The van der Waals surface area contributed by atoms with Gasteiger partial charge in [-0.3, -0.25) is 4.79 Å². The number of benzene rings is 1. The van der Waals surface area contributed by atoms with E-state index in [-0.39, 0.29) is 22.1 Å². The van der Waals surface area contributed by atoms with Gasteiger partial charge in [0, 0.05) is 23.5 Å². The highest BCUT2D eigenvalue weighted by Crippen LogP contribution is 2.28. The minimum atomic E-state index is -0.666. The number of carbonyl (C=O) groups is 1. The number of piperidine rings is 1. The average molecular weight is 340 g/mol. The molecule has 0 radical (unpaired) electrons. The maximum absolute atomic E-state index is 12.5. The van der Waals surface area contributed by atoms with Gasteiger partial charge in [-0.1, -0.05) is 30.1 Å². The summed E-state index contributed by atoms with van der Waals surface area (Å²) in [6, 6.07) is 4.64. The first kappa shape index (κ1) is 15.4. The van der Waals surface area contributed by atoms with Crippen molar-refractivity contribution in [2.45, 2.75) is 19.8 Å². The van der Waals surface area contributed by atoms with Crippen LogP contribution in [0.2, 0.25) is 10.0 Å². The van der Waals surface area contributed by atoms with Crippen molar-refractivity contribution < 1.29 is 9.21 Å². The minimum Gasteiger partial charge on any atom is -0.421 e. The Labute approximate surface area is 137 Å². The summed E-state index contributed by atoms with van der Waals surface area (Å²) in [6.07, 6.45) is 1.89. The second kappa shape index (κ2) is 5.94. The highest BCUT2D eigenvalue weighted by molar-refractivity contribution is 6.38. The lowest BCUT2D eigenvalue weighted by molar-refractivity contribution is 0.0693. The van der Waals surface area contributed by atoms with Crippen LogP contribution in [0.25, 0.3) is 11.0 Å². The van der Waals surface area contributed by atoms with Crippen molar-refractivity contribution in [1.82, 2.24) is 4.90 Å². The summed E-state index contributed by atoms with van der Waals surface area (Å²) in [5.74, 6) is 0.313. The van der Waals surface area contributed by atoms with E-state index in [1.165, 1.54) is 12.1 Å². The molecule has 116 valence electrons. The van der Waals surface area contributed by atoms with Gasteiger partial charge in [-0.05, 0) is 37.0 Å². The average Bonchev–Trinajstić information content (AvgIpc) is 2.47. The smallest absolute Gasteiger partial charge is 0.349 e. The number of hydrogen-bond donors (Lipinski definition) is 0. The second-order valence-electron chi connectivity index (χ2n) is 5.73. The molecule has 1 amide bonds. The van der Waals surface area contributed by atoms with Gasteiger partial charge in [-0.25, -0.2) is 4.79 Å². The van der Waals surface area contributed by atoms with Gasteiger partial charge < -0.3 is 9.32 Å². The largest absolute Gasteiger partial charge is 0.421 e. The molecule has 6 heteroatoms. The molecule has 3 rings (SSSR count). The third-order valence-corrected chi connectivity index (χ3v) is 4.55. The molecule has 22 heavy (non-hydrogen) atoms. The van der Waals surface area contributed by atoms with Crippen molar-refractivity contribution in [2.75, 3.05) is 13.1 Å². The van der Waals surface area contributed by atoms with E-state index in [1.54, 1.807) is 11.0 Å². The van der Waals surface area contributed by atoms with Gasteiger partial charge in [-0.15, -0.1) is 0 Å². The Kier molecular flexibility index (Phi) is 4.15. The van der Waals surface area contributed by atoms with Crippen molar-refractivity contribution >= 4 is 40.1 Å². The van der Waals surface area contributed by atoms with Crippen LogP contribution in [-0.2, 0) is 0 Å². The number of fused-ring (bicyclic) bond motifs is 1. The summed E-state index contributed by atoms with van der Waals surface area (Å²) in [6.45, 7) is 3.48. The lowest BCUT2D eigenvalue weighted by Gasteiger charge is -2.30. The molecule has 4 nitrogen and oxygen atoms in total. The molecule has 1 aliphatic rings. The predicted octanol–water partition coefficient (Wildman–Crippen LogP) is 3.97. The Balaban J connectivity index is 2.02. The number of amides is 1. The minimum absolute atomic E-state index is 0.0281. The van der Waals surface area contributed by atoms with E-state index >= 15 is 0 Å². The van der Waals surface area contributed by atoms with Crippen molar-refractivity contribution in [3.63, 3.8) is 0 Å². The van der Waals surface area contributed by atoms with E-state index in [9.17, 15) is 9.59 Å². The molecular formula is C16H15Cl2NO3. The van der Waals surface area contributed by atoms with Gasteiger partial charge in [0.1, 0.15) is 5.56 Å².